The third-order valence-electron chi connectivity index (χ3n) is 3.79. The summed E-state index contributed by atoms with van der Waals surface area (Å²) in [6, 6.07) is 19.1. The predicted octanol–water partition coefficient (Wildman–Crippen LogP) is 4.55. The molecule has 0 bridgehead atoms. The van der Waals surface area contributed by atoms with Gasteiger partial charge in [-0.25, -0.2) is 4.68 Å². The lowest BCUT2D eigenvalue weighted by Gasteiger charge is -2.11. The van der Waals surface area contributed by atoms with Gasteiger partial charge in [-0.3, -0.25) is 4.98 Å². The average molecular weight is 348 g/mol. The Morgan fingerprint density at radius 3 is 2.72 bits per heavy atom. The molecule has 25 heavy (non-hydrogen) atoms. The molecule has 2 heterocycles. The summed E-state index contributed by atoms with van der Waals surface area (Å²) in [7, 11) is 0. The van der Waals surface area contributed by atoms with Crippen LogP contribution in [-0.4, -0.2) is 19.9 Å². The highest BCUT2D eigenvalue weighted by molar-refractivity contribution is 8.00. The van der Waals surface area contributed by atoms with E-state index >= 15 is 0 Å². The number of hydrogen-bond donors (Lipinski definition) is 2. The monoisotopic (exact) mass is 348 g/mol. The van der Waals surface area contributed by atoms with Crippen molar-refractivity contribution in [3.8, 4) is 11.4 Å². The second kappa shape index (κ2) is 6.49. The van der Waals surface area contributed by atoms with Gasteiger partial charge in [0, 0.05) is 22.5 Å². The summed E-state index contributed by atoms with van der Waals surface area (Å²) >= 11 is 1.47. The lowest BCUT2D eigenvalue weighted by atomic mass is 10.2. The maximum absolute atomic E-state index is 9.39. The molecular weight excluding hydrogens is 332 g/mol. The minimum atomic E-state index is 0.258. The largest absolute Gasteiger partial charge is 0.508 e. The highest BCUT2D eigenvalue weighted by Crippen LogP contribution is 2.28. The van der Waals surface area contributed by atoms with Crippen LogP contribution in [0, 0.1) is 6.92 Å². The average Bonchev–Trinajstić information content (AvgIpc) is 3.01. The van der Waals surface area contributed by atoms with Gasteiger partial charge < -0.3 is 9.83 Å². The van der Waals surface area contributed by atoms with Crippen LogP contribution in [0.1, 0.15) is 5.69 Å². The maximum Gasteiger partial charge on any atom is 0.140 e. The zero-order valence-electron chi connectivity index (χ0n) is 13.5. The number of aromatic hydroxyl groups is 1. The first kappa shape index (κ1) is 15.5. The van der Waals surface area contributed by atoms with Crippen LogP contribution in [0.3, 0.4) is 0 Å². The molecule has 0 aliphatic rings. The topological polar surface area (TPSA) is 63.0 Å². The van der Waals surface area contributed by atoms with Gasteiger partial charge >= 0.3 is 0 Å². The van der Waals surface area contributed by atoms with E-state index in [9.17, 15) is 5.11 Å². The summed E-state index contributed by atoms with van der Waals surface area (Å²) in [6.45, 7) is 1.97. The van der Waals surface area contributed by atoms with Gasteiger partial charge in [0.25, 0.3) is 0 Å². The quantitative estimate of drug-likeness (QED) is 0.530. The van der Waals surface area contributed by atoms with Crippen molar-refractivity contribution in [3.63, 3.8) is 0 Å². The Bertz CT molecular complexity index is 1020. The van der Waals surface area contributed by atoms with Crippen LogP contribution in [0.4, 0.5) is 5.82 Å². The van der Waals surface area contributed by atoms with Crippen molar-refractivity contribution >= 4 is 28.7 Å². The van der Waals surface area contributed by atoms with E-state index in [1.807, 2.05) is 60.1 Å². The fourth-order valence-electron chi connectivity index (χ4n) is 2.65. The van der Waals surface area contributed by atoms with Gasteiger partial charge in [-0.15, -0.1) is 0 Å². The molecule has 0 atom stereocenters. The number of nitrogens with one attached hydrogen (secondary N) is 1. The second-order valence-corrected chi connectivity index (χ2v) is 6.51. The van der Waals surface area contributed by atoms with Crippen molar-refractivity contribution in [2.24, 2.45) is 0 Å². The minimum Gasteiger partial charge on any atom is -0.508 e. The SMILES string of the molecule is Cc1cc(NSc2ccc(O)cc2)n(-c2cccc3ncccc23)n1. The smallest absolute Gasteiger partial charge is 0.140 e. The van der Waals surface area contributed by atoms with E-state index < -0.39 is 0 Å². The molecule has 0 saturated carbocycles. The Kier molecular flexibility index (Phi) is 4.03. The molecule has 124 valence electrons. The summed E-state index contributed by atoms with van der Waals surface area (Å²) in [4.78, 5) is 5.42. The van der Waals surface area contributed by atoms with Gasteiger partial charge in [0.05, 0.1) is 16.9 Å². The molecule has 0 unspecified atom stereocenters. The first-order valence-corrected chi connectivity index (χ1v) is 8.65. The fourth-order valence-corrected chi connectivity index (χ4v) is 3.29. The van der Waals surface area contributed by atoms with Crippen molar-refractivity contribution in [2.75, 3.05) is 4.72 Å². The van der Waals surface area contributed by atoms with Crippen molar-refractivity contribution in [1.29, 1.82) is 0 Å². The molecule has 6 heteroatoms. The minimum absolute atomic E-state index is 0.258. The van der Waals surface area contributed by atoms with E-state index in [1.165, 1.54) is 11.9 Å². The van der Waals surface area contributed by atoms with Gasteiger partial charge in [-0.2, -0.15) is 5.10 Å². The maximum atomic E-state index is 9.39. The zero-order valence-corrected chi connectivity index (χ0v) is 14.4. The Balaban J connectivity index is 1.70. The number of anilines is 1. The standard InChI is InChI=1S/C19H16N4OS/c1-13-12-19(22-25-15-9-7-14(24)8-10-15)23(21-13)18-6-2-5-17-16(18)4-3-11-20-17/h2-12,22,24H,1H3. The molecule has 4 rings (SSSR count). The number of benzene rings is 2. The van der Waals surface area contributed by atoms with Gasteiger partial charge in [0.1, 0.15) is 11.6 Å². The molecule has 0 saturated heterocycles. The molecular formula is C19H16N4OS. The first-order valence-electron chi connectivity index (χ1n) is 7.83. The summed E-state index contributed by atoms with van der Waals surface area (Å²) < 4.78 is 5.24. The van der Waals surface area contributed by atoms with Crippen molar-refractivity contribution in [2.45, 2.75) is 11.8 Å². The molecule has 0 aliphatic carbocycles. The van der Waals surface area contributed by atoms with Gasteiger partial charge in [0.15, 0.2) is 0 Å². The van der Waals surface area contributed by atoms with E-state index in [4.69, 9.17) is 0 Å². The Hall–Kier alpha value is -2.99. The number of phenolic OH excluding ortho intramolecular Hbond substituents is 1. The Morgan fingerprint density at radius 1 is 1.04 bits per heavy atom. The highest BCUT2D eigenvalue weighted by atomic mass is 32.2. The Morgan fingerprint density at radius 2 is 1.88 bits per heavy atom. The fraction of sp³-hybridized carbons (Fsp3) is 0.0526. The molecule has 0 radical (unpaired) electrons. The van der Waals surface area contributed by atoms with Crippen LogP contribution in [0.5, 0.6) is 5.75 Å². The molecule has 0 spiro atoms. The molecule has 2 N–H and O–H groups in total. The molecule has 4 aromatic rings. The molecule has 5 nitrogen and oxygen atoms in total. The second-order valence-electron chi connectivity index (χ2n) is 5.63. The van der Waals surface area contributed by atoms with E-state index in [0.29, 0.717) is 0 Å². The number of fused-ring (bicyclic) bond motifs is 1. The molecule has 0 aliphatic heterocycles. The molecule has 2 aromatic heterocycles. The van der Waals surface area contributed by atoms with Crippen molar-refractivity contribution in [3.05, 3.63) is 72.6 Å². The van der Waals surface area contributed by atoms with Crippen molar-refractivity contribution in [1.82, 2.24) is 14.8 Å². The molecule has 2 aromatic carbocycles. The predicted molar refractivity (Wildman–Crippen MR) is 101 cm³/mol. The van der Waals surface area contributed by atoms with E-state index in [1.54, 1.807) is 18.3 Å². The third kappa shape index (κ3) is 3.16. The summed E-state index contributed by atoms with van der Waals surface area (Å²) in [5, 5.41) is 15.1. The number of rotatable bonds is 4. The first-order chi connectivity index (χ1) is 12.2. The summed E-state index contributed by atoms with van der Waals surface area (Å²) in [5.41, 5.74) is 2.84. The number of aromatic nitrogens is 3. The van der Waals surface area contributed by atoms with Crippen LogP contribution in [-0.2, 0) is 0 Å². The lowest BCUT2D eigenvalue weighted by Crippen LogP contribution is -2.02. The number of nitrogens with zero attached hydrogens (tertiary/aromatic N) is 3. The van der Waals surface area contributed by atoms with E-state index in [0.717, 1.165) is 33.0 Å². The summed E-state index contributed by atoms with van der Waals surface area (Å²) in [5.74, 6) is 1.14. The lowest BCUT2D eigenvalue weighted by molar-refractivity contribution is 0.475. The number of pyridine rings is 1. The molecule has 0 amide bonds. The van der Waals surface area contributed by atoms with E-state index in [-0.39, 0.29) is 5.75 Å². The number of aryl methyl sites for hydroxylation is 1. The number of hydrogen-bond acceptors (Lipinski definition) is 5. The van der Waals surface area contributed by atoms with Crippen LogP contribution < -0.4 is 4.72 Å². The van der Waals surface area contributed by atoms with Gasteiger partial charge in [-0.1, -0.05) is 6.07 Å². The van der Waals surface area contributed by atoms with Crippen molar-refractivity contribution < 1.29 is 5.11 Å². The molecule has 0 fully saturated rings. The number of phenols is 1. The summed E-state index contributed by atoms with van der Waals surface area (Å²) in [6.07, 6.45) is 1.79. The van der Waals surface area contributed by atoms with Crippen LogP contribution in [0.2, 0.25) is 0 Å². The zero-order chi connectivity index (χ0) is 17.2. The van der Waals surface area contributed by atoms with Crippen LogP contribution >= 0.6 is 11.9 Å². The van der Waals surface area contributed by atoms with Gasteiger partial charge in [0.2, 0.25) is 0 Å². The van der Waals surface area contributed by atoms with Crippen LogP contribution in [0.25, 0.3) is 16.6 Å². The van der Waals surface area contributed by atoms with Gasteiger partial charge in [-0.05, 0) is 67.4 Å². The Labute approximate surface area is 149 Å². The van der Waals surface area contributed by atoms with E-state index in [2.05, 4.69) is 14.8 Å². The van der Waals surface area contributed by atoms with Crippen LogP contribution in [0.15, 0.2) is 71.8 Å². The normalized spacial score (nSPS) is 10.9. The third-order valence-corrected chi connectivity index (χ3v) is 4.61. The highest BCUT2D eigenvalue weighted by Gasteiger charge is 2.11.